The van der Waals surface area contributed by atoms with E-state index < -0.39 is 0 Å². The van der Waals surface area contributed by atoms with Crippen LogP contribution in [-0.4, -0.2) is 33.4 Å². The number of rotatable bonds is 7. The number of ether oxygens (including phenoxy) is 1. The topological polar surface area (TPSA) is 33.3 Å². The largest absolute Gasteiger partial charge is 0.384 e. The number of hydrogen-bond acceptors (Lipinski definition) is 4. The zero-order valence-corrected chi connectivity index (χ0v) is 12.9. The first-order chi connectivity index (χ1) is 9.29. The molecule has 1 saturated heterocycles. The molecule has 3 nitrogen and oxygen atoms in total. The van der Waals surface area contributed by atoms with E-state index in [1.54, 1.807) is 0 Å². The van der Waals surface area contributed by atoms with E-state index in [2.05, 4.69) is 29.0 Å². The maximum atomic E-state index is 5.45. The van der Waals surface area contributed by atoms with E-state index >= 15 is 0 Å². The predicted molar refractivity (Wildman–Crippen MR) is 81.8 cm³/mol. The van der Waals surface area contributed by atoms with Crippen molar-refractivity contribution in [2.75, 3.05) is 33.4 Å². The van der Waals surface area contributed by atoms with Crippen molar-refractivity contribution >= 4 is 11.3 Å². The highest BCUT2D eigenvalue weighted by Crippen LogP contribution is 2.28. The minimum Gasteiger partial charge on any atom is -0.384 e. The molecule has 0 amide bonds. The van der Waals surface area contributed by atoms with Gasteiger partial charge in [-0.15, -0.1) is 11.3 Å². The van der Waals surface area contributed by atoms with Crippen LogP contribution in [0.4, 0.5) is 0 Å². The Morgan fingerprint density at radius 2 is 2.21 bits per heavy atom. The first kappa shape index (κ1) is 15.0. The van der Waals surface area contributed by atoms with E-state index in [1.165, 1.54) is 23.3 Å². The normalized spacial score (nSPS) is 18.6. The summed E-state index contributed by atoms with van der Waals surface area (Å²) in [6.07, 6.45) is 3.55. The van der Waals surface area contributed by atoms with Gasteiger partial charge >= 0.3 is 0 Å². The summed E-state index contributed by atoms with van der Waals surface area (Å²) in [6.45, 7) is 7.38. The van der Waals surface area contributed by atoms with Gasteiger partial charge in [-0.25, -0.2) is 0 Å². The number of thiophene rings is 1. The van der Waals surface area contributed by atoms with Crippen LogP contribution in [0.2, 0.25) is 0 Å². The lowest BCUT2D eigenvalue weighted by Crippen LogP contribution is -2.45. The quantitative estimate of drug-likeness (QED) is 0.806. The van der Waals surface area contributed by atoms with Crippen molar-refractivity contribution in [2.24, 2.45) is 5.41 Å². The Morgan fingerprint density at radius 3 is 2.89 bits per heavy atom. The maximum absolute atomic E-state index is 5.45. The Labute approximate surface area is 120 Å². The van der Waals surface area contributed by atoms with Crippen molar-refractivity contribution in [3.05, 3.63) is 21.9 Å². The maximum Gasteiger partial charge on any atom is 0.0531 e. The molecule has 4 heteroatoms. The van der Waals surface area contributed by atoms with Crippen LogP contribution in [0.25, 0.3) is 0 Å². The number of aryl methyl sites for hydroxylation is 1. The van der Waals surface area contributed by atoms with Gasteiger partial charge in [0.15, 0.2) is 0 Å². The van der Waals surface area contributed by atoms with Gasteiger partial charge in [-0.3, -0.25) is 0 Å². The highest BCUT2D eigenvalue weighted by molar-refractivity contribution is 7.10. The van der Waals surface area contributed by atoms with Crippen LogP contribution in [0.1, 0.15) is 30.2 Å². The van der Waals surface area contributed by atoms with Gasteiger partial charge in [0.25, 0.3) is 0 Å². The third-order valence-corrected chi connectivity index (χ3v) is 5.08. The van der Waals surface area contributed by atoms with Crippen LogP contribution in [0.3, 0.4) is 0 Å². The summed E-state index contributed by atoms with van der Waals surface area (Å²) >= 11 is 1.87. The van der Waals surface area contributed by atoms with E-state index in [0.717, 1.165) is 39.2 Å². The molecule has 0 atom stereocenters. The Bertz CT molecular complexity index is 366. The lowest BCUT2D eigenvalue weighted by Gasteiger charge is -2.37. The van der Waals surface area contributed by atoms with Gasteiger partial charge in [-0.05, 0) is 49.4 Å². The second-order valence-electron chi connectivity index (χ2n) is 5.51. The molecule has 19 heavy (non-hydrogen) atoms. The monoisotopic (exact) mass is 282 g/mol. The summed E-state index contributed by atoms with van der Waals surface area (Å²) < 4.78 is 5.45. The lowest BCUT2D eigenvalue weighted by atomic mass is 9.79. The minimum absolute atomic E-state index is 0.323. The smallest absolute Gasteiger partial charge is 0.0531 e. The van der Waals surface area contributed by atoms with Crippen LogP contribution >= 0.6 is 11.3 Å². The molecule has 1 aromatic rings. The molecule has 0 aromatic carbocycles. The third-order valence-electron chi connectivity index (χ3n) is 4.12. The molecular formula is C15H26N2OS. The Morgan fingerprint density at radius 1 is 1.42 bits per heavy atom. The van der Waals surface area contributed by atoms with Crippen molar-refractivity contribution in [1.82, 2.24) is 10.6 Å². The molecule has 2 rings (SSSR count). The fourth-order valence-electron chi connectivity index (χ4n) is 2.91. The number of methoxy groups -OCH3 is 1. The van der Waals surface area contributed by atoms with Crippen molar-refractivity contribution in [3.63, 3.8) is 0 Å². The lowest BCUT2D eigenvalue weighted by molar-refractivity contribution is 0.0535. The Balaban J connectivity index is 1.85. The van der Waals surface area contributed by atoms with E-state index in [9.17, 15) is 0 Å². The summed E-state index contributed by atoms with van der Waals surface area (Å²) in [5.41, 5.74) is 1.81. The summed E-state index contributed by atoms with van der Waals surface area (Å²) in [5, 5.41) is 9.30. The van der Waals surface area contributed by atoms with Crippen molar-refractivity contribution in [1.29, 1.82) is 0 Å². The molecule has 0 bridgehead atoms. The van der Waals surface area contributed by atoms with Gasteiger partial charge in [0, 0.05) is 30.5 Å². The molecule has 0 spiro atoms. The van der Waals surface area contributed by atoms with Crippen molar-refractivity contribution < 1.29 is 4.74 Å². The van der Waals surface area contributed by atoms with Gasteiger partial charge < -0.3 is 15.4 Å². The first-order valence-corrected chi connectivity index (χ1v) is 8.13. The second-order valence-corrected chi connectivity index (χ2v) is 6.51. The fourth-order valence-corrected chi connectivity index (χ4v) is 3.86. The molecule has 1 aliphatic heterocycles. The van der Waals surface area contributed by atoms with Crippen LogP contribution in [0, 0.1) is 5.41 Å². The van der Waals surface area contributed by atoms with Crippen LogP contribution in [0.5, 0.6) is 0 Å². The zero-order valence-electron chi connectivity index (χ0n) is 12.1. The summed E-state index contributed by atoms with van der Waals surface area (Å²) in [5.74, 6) is 0. The number of nitrogens with one attached hydrogen (secondary N) is 2. The summed E-state index contributed by atoms with van der Waals surface area (Å²) in [4.78, 5) is 1.49. The third kappa shape index (κ3) is 4.02. The number of piperidine rings is 1. The van der Waals surface area contributed by atoms with Crippen molar-refractivity contribution in [3.8, 4) is 0 Å². The summed E-state index contributed by atoms with van der Waals surface area (Å²) in [6, 6.07) is 2.25. The molecule has 1 aromatic heterocycles. The van der Waals surface area contributed by atoms with Crippen LogP contribution < -0.4 is 10.6 Å². The fraction of sp³-hybridized carbons (Fsp3) is 0.733. The highest BCUT2D eigenvalue weighted by atomic mass is 32.1. The molecule has 0 saturated carbocycles. The molecular weight excluding hydrogens is 256 g/mol. The van der Waals surface area contributed by atoms with E-state index in [1.807, 2.05) is 18.4 Å². The van der Waals surface area contributed by atoms with E-state index in [4.69, 9.17) is 4.74 Å². The van der Waals surface area contributed by atoms with E-state index in [-0.39, 0.29) is 0 Å². The molecule has 108 valence electrons. The average Bonchev–Trinajstić information content (AvgIpc) is 2.88. The molecule has 1 fully saturated rings. The molecule has 1 aliphatic rings. The first-order valence-electron chi connectivity index (χ1n) is 7.25. The Hall–Kier alpha value is -0.420. The SMILES string of the molecule is CCc1ccsc1CNCC1(COC)CCNCC1. The molecule has 0 aliphatic carbocycles. The molecule has 0 radical (unpaired) electrons. The second kappa shape index (κ2) is 7.39. The van der Waals surface area contributed by atoms with Gasteiger partial charge in [-0.2, -0.15) is 0 Å². The minimum atomic E-state index is 0.323. The van der Waals surface area contributed by atoms with E-state index in [0.29, 0.717) is 5.41 Å². The molecule has 0 unspecified atom stereocenters. The van der Waals surface area contributed by atoms with Crippen LogP contribution in [-0.2, 0) is 17.7 Å². The highest BCUT2D eigenvalue weighted by Gasteiger charge is 2.31. The van der Waals surface area contributed by atoms with Gasteiger partial charge in [0.1, 0.15) is 0 Å². The van der Waals surface area contributed by atoms with Crippen molar-refractivity contribution in [2.45, 2.75) is 32.7 Å². The van der Waals surface area contributed by atoms with Gasteiger partial charge in [-0.1, -0.05) is 6.92 Å². The van der Waals surface area contributed by atoms with Crippen LogP contribution in [0.15, 0.2) is 11.4 Å². The average molecular weight is 282 g/mol. The standard InChI is InChI=1S/C15H26N2OS/c1-3-13-4-9-19-14(13)10-17-11-15(12-18-2)5-7-16-8-6-15/h4,9,16-17H,3,5-8,10-12H2,1-2H3. The van der Waals surface area contributed by atoms with Gasteiger partial charge in [0.05, 0.1) is 6.61 Å². The summed E-state index contributed by atoms with van der Waals surface area (Å²) in [7, 11) is 1.82. The predicted octanol–water partition coefficient (Wildman–Crippen LogP) is 2.42. The molecule has 2 N–H and O–H groups in total. The number of hydrogen-bond donors (Lipinski definition) is 2. The Kier molecular flexibility index (Phi) is 5.82. The zero-order chi connectivity index (χ0) is 13.6. The molecule has 2 heterocycles. The van der Waals surface area contributed by atoms with Gasteiger partial charge in [0.2, 0.25) is 0 Å².